The van der Waals surface area contributed by atoms with Gasteiger partial charge >= 0.3 is 0 Å². The normalized spacial score (nSPS) is 9.71. The van der Waals surface area contributed by atoms with Gasteiger partial charge in [-0.3, -0.25) is 0 Å². The molecule has 1 aromatic carbocycles. The van der Waals surface area contributed by atoms with Gasteiger partial charge in [-0.05, 0) is 31.0 Å². The average molecular weight is 254 g/mol. The maximum Gasteiger partial charge on any atom is 0.123 e. The van der Waals surface area contributed by atoms with E-state index in [0.717, 1.165) is 29.9 Å². The molecule has 3 nitrogen and oxygen atoms in total. The van der Waals surface area contributed by atoms with E-state index >= 15 is 0 Å². The first-order chi connectivity index (χ1) is 8.31. The number of benzene rings is 1. The van der Waals surface area contributed by atoms with Gasteiger partial charge in [-0.15, -0.1) is 11.6 Å². The predicted octanol–water partition coefficient (Wildman–Crippen LogP) is 3.51. The van der Waals surface area contributed by atoms with Gasteiger partial charge in [0.15, 0.2) is 0 Å². The van der Waals surface area contributed by atoms with Crippen LogP contribution in [0.4, 0.5) is 0 Å². The molecule has 0 unspecified atom stereocenters. The fourth-order valence-electron chi connectivity index (χ4n) is 1.42. The Balaban J connectivity index is 2.50. The number of ether oxygens (including phenoxy) is 2. The van der Waals surface area contributed by atoms with Crippen LogP contribution in [0, 0.1) is 11.3 Å². The van der Waals surface area contributed by atoms with Crippen LogP contribution < -0.4 is 9.47 Å². The molecule has 92 valence electrons. The van der Waals surface area contributed by atoms with Crippen LogP contribution in [0.5, 0.6) is 11.5 Å². The molecule has 1 aromatic rings. The maximum atomic E-state index is 8.40. The standard InChI is InChI=1S/C13H16ClNO2/c1-16-12-5-6-13(11(9-12)10-14)17-8-4-2-3-7-15/h5-6,9H,2-4,8,10H2,1H3. The lowest BCUT2D eigenvalue weighted by Crippen LogP contribution is -2.00. The van der Waals surface area contributed by atoms with E-state index in [0.29, 0.717) is 18.9 Å². The molecule has 4 heteroatoms. The number of rotatable bonds is 7. The molecule has 0 radical (unpaired) electrons. The molecule has 0 saturated heterocycles. The van der Waals surface area contributed by atoms with E-state index in [1.807, 2.05) is 18.2 Å². The van der Waals surface area contributed by atoms with Crippen LogP contribution in [0.15, 0.2) is 18.2 Å². The summed E-state index contributed by atoms with van der Waals surface area (Å²) in [5, 5.41) is 8.40. The summed E-state index contributed by atoms with van der Waals surface area (Å²) in [5.41, 5.74) is 0.922. The number of methoxy groups -OCH3 is 1. The topological polar surface area (TPSA) is 42.2 Å². The monoisotopic (exact) mass is 253 g/mol. The van der Waals surface area contributed by atoms with E-state index < -0.39 is 0 Å². The number of hydrogen-bond donors (Lipinski definition) is 0. The third-order valence-electron chi connectivity index (χ3n) is 2.35. The number of halogens is 1. The molecular weight excluding hydrogens is 238 g/mol. The summed E-state index contributed by atoms with van der Waals surface area (Å²) < 4.78 is 10.7. The van der Waals surface area contributed by atoms with Crippen LogP contribution in [-0.4, -0.2) is 13.7 Å². The van der Waals surface area contributed by atoms with Crippen LogP contribution in [0.2, 0.25) is 0 Å². The van der Waals surface area contributed by atoms with E-state index in [2.05, 4.69) is 6.07 Å². The summed E-state index contributed by atoms with van der Waals surface area (Å²) in [4.78, 5) is 0. The minimum Gasteiger partial charge on any atom is -0.497 e. The van der Waals surface area contributed by atoms with Crippen molar-refractivity contribution in [3.05, 3.63) is 23.8 Å². The van der Waals surface area contributed by atoms with Gasteiger partial charge in [0, 0.05) is 12.0 Å². The Bertz CT molecular complexity index is 387. The molecule has 1 rings (SSSR count). The van der Waals surface area contributed by atoms with E-state index in [1.165, 1.54) is 0 Å². The van der Waals surface area contributed by atoms with Gasteiger partial charge < -0.3 is 9.47 Å². The molecule has 0 fully saturated rings. The number of alkyl halides is 1. The molecular formula is C13H16ClNO2. The van der Waals surface area contributed by atoms with Crippen LogP contribution in [0.25, 0.3) is 0 Å². The zero-order chi connectivity index (χ0) is 12.5. The number of unbranched alkanes of at least 4 members (excludes halogenated alkanes) is 2. The van der Waals surface area contributed by atoms with Crippen molar-refractivity contribution in [2.75, 3.05) is 13.7 Å². The second kappa shape index (κ2) is 7.81. The summed E-state index contributed by atoms with van der Waals surface area (Å²) in [6, 6.07) is 7.69. The molecule has 17 heavy (non-hydrogen) atoms. The minimum absolute atomic E-state index is 0.394. The third-order valence-corrected chi connectivity index (χ3v) is 2.64. The van der Waals surface area contributed by atoms with Gasteiger partial charge in [-0.25, -0.2) is 0 Å². The highest BCUT2D eigenvalue weighted by Gasteiger charge is 2.04. The lowest BCUT2D eigenvalue weighted by molar-refractivity contribution is 0.304. The molecule has 0 amide bonds. The lowest BCUT2D eigenvalue weighted by Gasteiger charge is -2.11. The Morgan fingerprint density at radius 3 is 2.82 bits per heavy atom. The molecule has 0 aromatic heterocycles. The van der Waals surface area contributed by atoms with E-state index in [-0.39, 0.29) is 0 Å². The Morgan fingerprint density at radius 1 is 1.35 bits per heavy atom. The average Bonchev–Trinajstić information content (AvgIpc) is 2.38. The first-order valence-corrected chi connectivity index (χ1v) is 6.08. The van der Waals surface area contributed by atoms with Crippen molar-refractivity contribution in [3.63, 3.8) is 0 Å². The molecule has 0 aliphatic rings. The summed E-state index contributed by atoms with van der Waals surface area (Å²) in [7, 11) is 1.62. The predicted molar refractivity (Wildman–Crippen MR) is 67.5 cm³/mol. The Labute approximate surface area is 107 Å². The summed E-state index contributed by atoms with van der Waals surface area (Å²) in [6.07, 6.45) is 2.32. The highest BCUT2D eigenvalue weighted by molar-refractivity contribution is 6.17. The third kappa shape index (κ3) is 4.54. The molecule has 0 spiro atoms. The molecule has 0 aliphatic heterocycles. The van der Waals surface area contributed by atoms with Crippen molar-refractivity contribution in [1.82, 2.24) is 0 Å². The second-order valence-electron chi connectivity index (χ2n) is 3.57. The van der Waals surface area contributed by atoms with Crippen LogP contribution in [-0.2, 0) is 5.88 Å². The van der Waals surface area contributed by atoms with Crippen molar-refractivity contribution in [2.45, 2.75) is 25.1 Å². The van der Waals surface area contributed by atoms with Crippen LogP contribution in [0.1, 0.15) is 24.8 Å². The van der Waals surface area contributed by atoms with Crippen molar-refractivity contribution < 1.29 is 9.47 Å². The first kappa shape index (κ1) is 13.7. The second-order valence-corrected chi connectivity index (χ2v) is 3.84. The number of nitrogens with zero attached hydrogens (tertiary/aromatic N) is 1. The van der Waals surface area contributed by atoms with Crippen LogP contribution in [0.3, 0.4) is 0 Å². The summed E-state index contributed by atoms with van der Waals surface area (Å²) in [6.45, 7) is 0.609. The van der Waals surface area contributed by atoms with Crippen LogP contribution >= 0.6 is 11.6 Å². The lowest BCUT2D eigenvalue weighted by atomic mass is 10.2. The van der Waals surface area contributed by atoms with E-state index in [1.54, 1.807) is 7.11 Å². The van der Waals surface area contributed by atoms with Crippen molar-refractivity contribution in [1.29, 1.82) is 5.26 Å². The fourth-order valence-corrected chi connectivity index (χ4v) is 1.63. The van der Waals surface area contributed by atoms with Crippen molar-refractivity contribution in [2.24, 2.45) is 0 Å². The zero-order valence-corrected chi connectivity index (χ0v) is 10.7. The van der Waals surface area contributed by atoms with Gasteiger partial charge in [0.1, 0.15) is 11.5 Å². The Kier molecular flexibility index (Phi) is 6.27. The van der Waals surface area contributed by atoms with Gasteiger partial charge in [-0.2, -0.15) is 5.26 Å². The number of hydrogen-bond acceptors (Lipinski definition) is 3. The highest BCUT2D eigenvalue weighted by atomic mass is 35.5. The highest BCUT2D eigenvalue weighted by Crippen LogP contribution is 2.25. The molecule has 0 heterocycles. The van der Waals surface area contributed by atoms with Gasteiger partial charge in [0.05, 0.1) is 25.7 Å². The van der Waals surface area contributed by atoms with E-state index in [4.69, 9.17) is 26.3 Å². The quantitative estimate of drug-likeness (QED) is 0.552. The smallest absolute Gasteiger partial charge is 0.123 e. The molecule has 0 bridgehead atoms. The van der Waals surface area contributed by atoms with Gasteiger partial charge in [0.2, 0.25) is 0 Å². The van der Waals surface area contributed by atoms with Gasteiger partial charge in [0.25, 0.3) is 0 Å². The Morgan fingerprint density at radius 2 is 2.18 bits per heavy atom. The fraction of sp³-hybridized carbons (Fsp3) is 0.462. The summed E-state index contributed by atoms with van der Waals surface area (Å²) in [5.74, 6) is 1.96. The maximum absolute atomic E-state index is 8.40. The van der Waals surface area contributed by atoms with E-state index in [9.17, 15) is 0 Å². The SMILES string of the molecule is COc1ccc(OCCCCC#N)c(CCl)c1. The molecule has 0 saturated carbocycles. The largest absolute Gasteiger partial charge is 0.497 e. The zero-order valence-electron chi connectivity index (χ0n) is 9.91. The van der Waals surface area contributed by atoms with Crippen molar-refractivity contribution in [3.8, 4) is 17.6 Å². The number of nitriles is 1. The molecule has 0 aliphatic carbocycles. The first-order valence-electron chi connectivity index (χ1n) is 5.54. The Hall–Kier alpha value is -1.40. The van der Waals surface area contributed by atoms with Crippen molar-refractivity contribution >= 4 is 11.6 Å². The molecule has 0 N–H and O–H groups in total. The van der Waals surface area contributed by atoms with Gasteiger partial charge in [-0.1, -0.05) is 0 Å². The minimum atomic E-state index is 0.394. The molecule has 0 atom stereocenters. The summed E-state index contributed by atoms with van der Waals surface area (Å²) >= 11 is 5.84.